The highest BCUT2D eigenvalue weighted by atomic mass is 35.5. The van der Waals surface area contributed by atoms with Gasteiger partial charge in [-0.1, -0.05) is 11.6 Å². The molecule has 3 nitrogen and oxygen atoms in total. The fourth-order valence-electron chi connectivity index (χ4n) is 2.72. The zero-order valence-electron chi connectivity index (χ0n) is 11.1. The van der Waals surface area contributed by atoms with Gasteiger partial charge in [-0.25, -0.2) is 0 Å². The number of pyridine rings is 1. The van der Waals surface area contributed by atoms with Crippen molar-refractivity contribution in [3.8, 4) is 0 Å². The van der Waals surface area contributed by atoms with E-state index in [1.54, 1.807) is 0 Å². The third-order valence-corrected chi connectivity index (χ3v) is 4.01. The molecule has 1 fully saturated rings. The largest absolute Gasteiger partial charge is 0.384 e. The Kier molecular flexibility index (Phi) is 3.58. The van der Waals surface area contributed by atoms with Gasteiger partial charge >= 0.3 is 0 Å². The lowest BCUT2D eigenvalue weighted by Gasteiger charge is -2.14. The van der Waals surface area contributed by atoms with E-state index >= 15 is 0 Å². The molecule has 1 aromatic carbocycles. The van der Waals surface area contributed by atoms with Crippen LogP contribution in [-0.4, -0.2) is 36.6 Å². The summed E-state index contributed by atoms with van der Waals surface area (Å²) < 4.78 is 0. The number of nitrogens with zero attached hydrogens (tertiary/aromatic N) is 2. The number of halogens is 1. The minimum Gasteiger partial charge on any atom is -0.384 e. The van der Waals surface area contributed by atoms with E-state index in [1.165, 1.54) is 19.5 Å². The summed E-state index contributed by atoms with van der Waals surface area (Å²) in [6, 6.07) is 7.90. The van der Waals surface area contributed by atoms with Crippen LogP contribution in [0.3, 0.4) is 0 Å². The number of likely N-dealkylation sites (tertiary alicyclic amines) is 1. The van der Waals surface area contributed by atoms with Crippen molar-refractivity contribution in [3.63, 3.8) is 0 Å². The molecule has 1 N–H and O–H groups in total. The average molecular weight is 276 g/mol. The van der Waals surface area contributed by atoms with Gasteiger partial charge in [0, 0.05) is 35.4 Å². The standard InChI is InChI=1S/C15H18ClN3/c1-19-7-5-11(10-19)9-18-14-4-6-17-15-8-12(16)2-3-13(14)15/h2-4,6,8,11H,5,7,9-10H2,1H3,(H,17,18). The third-order valence-electron chi connectivity index (χ3n) is 3.77. The lowest BCUT2D eigenvalue weighted by Crippen LogP contribution is -2.19. The van der Waals surface area contributed by atoms with Gasteiger partial charge < -0.3 is 10.2 Å². The van der Waals surface area contributed by atoms with Gasteiger partial charge in [0.05, 0.1) is 5.52 Å². The van der Waals surface area contributed by atoms with Gasteiger partial charge in [-0.05, 0) is 50.2 Å². The summed E-state index contributed by atoms with van der Waals surface area (Å²) in [7, 11) is 2.18. The topological polar surface area (TPSA) is 28.2 Å². The summed E-state index contributed by atoms with van der Waals surface area (Å²) in [6.45, 7) is 3.41. The van der Waals surface area contributed by atoms with Crippen LogP contribution in [0.15, 0.2) is 30.5 Å². The molecule has 19 heavy (non-hydrogen) atoms. The van der Waals surface area contributed by atoms with Gasteiger partial charge in [-0.3, -0.25) is 4.98 Å². The Balaban J connectivity index is 1.77. The predicted octanol–water partition coefficient (Wildman–Crippen LogP) is 3.25. The van der Waals surface area contributed by atoms with Crippen LogP contribution in [0.1, 0.15) is 6.42 Å². The van der Waals surface area contributed by atoms with Gasteiger partial charge in [-0.15, -0.1) is 0 Å². The van der Waals surface area contributed by atoms with Crippen molar-refractivity contribution >= 4 is 28.2 Å². The number of rotatable bonds is 3. The number of hydrogen-bond donors (Lipinski definition) is 1. The number of benzene rings is 1. The number of nitrogens with one attached hydrogen (secondary N) is 1. The van der Waals surface area contributed by atoms with Crippen molar-refractivity contribution < 1.29 is 0 Å². The highest BCUT2D eigenvalue weighted by molar-refractivity contribution is 6.31. The summed E-state index contributed by atoms with van der Waals surface area (Å²) >= 11 is 6.00. The van der Waals surface area contributed by atoms with Crippen molar-refractivity contribution in [3.05, 3.63) is 35.5 Å². The van der Waals surface area contributed by atoms with Crippen molar-refractivity contribution in [1.82, 2.24) is 9.88 Å². The first-order valence-corrected chi connectivity index (χ1v) is 7.07. The number of anilines is 1. The van der Waals surface area contributed by atoms with E-state index in [0.29, 0.717) is 0 Å². The van der Waals surface area contributed by atoms with Crippen molar-refractivity contribution in [1.29, 1.82) is 0 Å². The molecule has 0 radical (unpaired) electrons. The zero-order valence-corrected chi connectivity index (χ0v) is 11.8. The minimum atomic E-state index is 0.731. The number of aromatic nitrogens is 1. The predicted molar refractivity (Wildman–Crippen MR) is 80.8 cm³/mol. The van der Waals surface area contributed by atoms with Crippen LogP contribution in [0, 0.1) is 5.92 Å². The molecular weight excluding hydrogens is 258 g/mol. The molecule has 1 saturated heterocycles. The summed E-state index contributed by atoms with van der Waals surface area (Å²) in [6.07, 6.45) is 3.11. The van der Waals surface area contributed by atoms with Crippen LogP contribution in [0.4, 0.5) is 5.69 Å². The summed E-state index contributed by atoms with van der Waals surface area (Å²) in [5, 5.41) is 5.43. The first-order chi connectivity index (χ1) is 9.22. The van der Waals surface area contributed by atoms with Gasteiger partial charge in [0.2, 0.25) is 0 Å². The Bertz CT molecular complexity index is 585. The molecule has 0 aliphatic carbocycles. The van der Waals surface area contributed by atoms with E-state index in [1.807, 2.05) is 30.5 Å². The van der Waals surface area contributed by atoms with Crippen LogP contribution in [0.5, 0.6) is 0 Å². The summed E-state index contributed by atoms with van der Waals surface area (Å²) in [4.78, 5) is 6.75. The molecule has 0 saturated carbocycles. The molecule has 4 heteroatoms. The SMILES string of the molecule is CN1CCC(CNc2ccnc3cc(Cl)ccc23)C1. The fourth-order valence-corrected chi connectivity index (χ4v) is 2.89. The first kappa shape index (κ1) is 12.7. The van der Waals surface area contributed by atoms with Gasteiger partial charge in [0.1, 0.15) is 0 Å². The fraction of sp³-hybridized carbons (Fsp3) is 0.400. The Morgan fingerprint density at radius 3 is 3.11 bits per heavy atom. The van der Waals surface area contributed by atoms with Crippen molar-refractivity contribution in [2.24, 2.45) is 5.92 Å². The maximum Gasteiger partial charge on any atom is 0.0737 e. The minimum absolute atomic E-state index is 0.731. The molecule has 1 aromatic heterocycles. The highest BCUT2D eigenvalue weighted by Gasteiger charge is 2.19. The molecular formula is C15H18ClN3. The van der Waals surface area contributed by atoms with Gasteiger partial charge in [0.25, 0.3) is 0 Å². The molecule has 0 bridgehead atoms. The average Bonchev–Trinajstić information content (AvgIpc) is 2.81. The zero-order chi connectivity index (χ0) is 13.2. The number of fused-ring (bicyclic) bond motifs is 1. The van der Waals surface area contributed by atoms with E-state index in [0.717, 1.165) is 34.1 Å². The number of hydrogen-bond acceptors (Lipinski definition) is 3. The smallest absolute Gasteiger partial charge is 0.0737 e. The van der Waals surface area contributed by atoms with E-state index in [4.69, 9.17) is 11.6 Å². The second-order valence-corrected chi connectivity index (χ2v) is 5.75. The van der Waals surface area contributed by atoms with Crippen LogP contribution >= 0.6 is 11.6 Å². The van der Waals surface area contributed by atoms with Gasteiger partial charge in [0.15, 0.2) is 0 Å². The van der Waals surface area contributed by atoms with Crippen LogP contribution in [0.25, 0.3) is 10.9 Å². The molecule has 2 heterocycles. The summed E-state index contributed by atoms with van der Waals surface area (Å²) in [5.74, 6) is 0.737. The lowest BCUT2D eigenvalue weighted by molar-refractivity contribution is 0.399. The molecule has 1 atom stereocenters. The van der Waals surface area contributed by atoms with E-state index in [2.05, 4.69) is 22.2 Å². The Morgan fingerprint density at radius 2 is 2.32 bits per heavy atom. The maximum absolute atomic E-state index is 6.00. The molecule has 1 aliphatic rings. The second kappa shape index (κ2) is 5.35. The Hall–Kier alpha value is -1.32. The van der Waals surface area contributed by atoms with E-state index in [-0.39, 0.29) is 0 Å². The van der Waals surface area contributed by atoms with Crippen molar-refractivity contribution in [2.75, 3.05) is 32.0 Å². The Morgan fingerprint density at radius 1 is 1.42 bits per heavy atom. The van der Waals surface area contributed by atoms with Crippen LogP contribution < -0.4 is 5.32 Å². The van der Waals surface area contributed by atoms with Crippen molar-refractivity contribution in [2.45, 2.75) is 6.42 Å². The summed E-state index contributed by atoms with van der Waals surface area (Å²) in [5.41, 5.74) is 2.09. The Labute approximate surface area is 118 Å². The molecule has 1 aliphatic heterocycles. The van der Waals surface area contributed by atoms with Crippen LogP contribution in [-0.2, 0) is 0 Å². The molecule has 3 rings (SSSR count). The normalized spacial score (nSPS) is 20.0. The maximum atomic E-state index is 6.00. The van der Waals surface area contributed by atoms with E-state index < -0.39 is 0 Å². The molecule has 0 spiro atoms. The first-order valence-electron chi connectivity index (χ1n) is 6.69. The van der Waals surface area contributed by atoms with Gasteiger partial charge in [-0.2, -0.15) is 0 Å². The van der Waals surface area contributed by atoms with E-state index in [9.17, 15) is 0 Å². The monoisotopic (exact) mass is 275 g/mol. The lowest BCUT2D eigenvalue weighted by atomic mass is 10.1. The quantitative estimate of drug-likeness (QED) is 0.932. The molecule has 1 unspecified atom stereocenters. The molecule has 2 aromatic rings. The molecule has 0 amide bonds. The second-order valence-electron chi connectivity index (χ2n) is 5.32. The third kappa shape index (κ3) is 2.82. The highest BCUT2D eigenvalue weighted by Crippen LogP contribution is 2.25. The van der Waals surface area contributed by atoms with Crippen LogP contribution in [0.2, 0.25) is 5.02 Å². The molecule has 100 valence electrons.